The Morgan fingerprint density at radius 2 is 1.91 bits per heavy atom. The van der Waals surface area contributed by atoms with E-state index in [0.717, 1.165) is 30.8 Å². The number of hydrogen-bond donors (Lipinski definition) is 0. The fraction of sp³-hybridized carbons (Fsp3) is 0.529. The molecule has 4 rings (SSSR count). The monoisotopic (exact) mass is 299 g/mol. The van der Waals surface area contributed by atoms with E-state index >= 15 is 0 Å². The highest BCUT2D eigenvalue weighted by molar-refractivity contribution is 5.51. The lowest BCUT2D eigenvalue weighted by Gasteiger charge is -2.37. The maximum atomic E-state index is 5.56. The van der Waals surface area contributed by atoms with E-state index < -0.39 is 0 Å². The minimum absolute atomic E-state index is 0.416. The van der Waals surface area contributed by atoms with Crippen molar-refractivity contribution in [3.05, 3.63) is 36.2 Å². The number of piperidine rings is 1. The molecule has 116 valence electrons. The van der Waals surface area contributed by atoms with Crippen molar-refractivity contribution in [1.29, 1.82) is 0 Å². The molecule has 0 saturated carbocycles. The van der Waals surface area contributed by atoms with Gasteiger partial charge in [0.25, 0.3) is 5.89 Å². The summed E-state index contributed by atoms with van der Waals surface area (Å²) < 4.78 is 11.0. The number of aromatic nitrogens is 2. The van der Waals surface area contributed by atoms with Gasteiger partial charge >= 0.3 is 0 Å². The second-order valence-electron chi connectivity index (χ2n) is 6.27. The van der Waals surface area contributed by atoms with Crippen LogP contribution in [0.3, 0.4) is 0 Å². The first-order valence-electron chi connectivity index (χ1n) is 8.00. The molecule has 1 aromatic heterocycles. The third kappa shape index (κ3) is 2.55. The summed E-state index contributed by atoms with van der Waals surface area (Å²) in [7, 11) is 1.82. The van der Waals surface area contributed by atoms with Crippen molar-refractivity contribution < 1.29 is 9.26 Å². The molecule has 1 aromatic carbocycles. The number of rotatable bonds is 4. The Hall–Kier alpha value is -1.72. The van der Waals surface area contributed by atoms with Crippen LogP contribution in [0.25, 0.3) is 11.5 Å². The minimum atomic E-state index is 0.416. The van der Waals surface area contributed by atoms with Crippen LogP contribution in [0.4, 0.5) is 0 Å². The van der Waals surface area contributed by atoms with Gasteiger partial charge in [0.1, 0.15) is 0 Å². The van der Waals surface area contributed by atoms with Crippen LogP contribution in [0.1, 0.15) is 31.5 Å². The third-order valence-corrected chi connectivity index (χ3v) is 4.99. The second kappa shape index (κ2) is 5.82. The Kier molecular flexibility index (Phi) is 3.68. The van der Waals surface area contributed by atoms with Gasteiger partial charge in [-0.15, -0.1) is 0 Å². The number of fused-ring (bicyclic) bond motifs is 2. The summed E-state index contributed by atoms with van der Waals surface area (Å²) >= 11 is 0. The molecule has 0 amide bonds. The topological polar surface area (TPSA) is 51.4 Å². The van der Waals surface area contributed by atoms with Crippen molar-refractivity contribution in [2.24, 2.45) is 0 Å². The quantitative estimate of drug-likeness (QED) is 0.869. The van der Waals surface area contributed by atoms with E-state index in [9.17, 15) is 0 Å². The van der Waals surface area contributed by atoms with Crippen LogP contribution in [-0.4, -0.2) is 40.3 Å². The van der Waals surface area contributed by atoms with Crippen molar-refractivity contribution in [3.8, 4) is 11.5 Å². The van der Waals surface area contributed by atoms with Crippen molar-refractivity contribution in [3.63, 3.8) is 0 Å². The summed E-state index contributed by atoms with van der Waals surface area (Å²) in [6.07, 6.45) is 5.17. The van der Waals surface area contributed by atoms with Crippen molar-refractivity contribution >= 4 is 0 Å². The maximum absolute atomic E-state index is 5.56. The van der Waals surface area contributed by atoms with Crippen LogP contribution in [0.15, 0.2) is 34.9 Å². The second-order valence-corrected chi connectivity index (χ2v) is 6.27. The van der Waals surface area contributed by atoms with E-state index in [-0.39, 0.29) is 0 Å². The summed E-state index contributed by atoms with van der Waals surface area (Å²) in [5.41, 5.74) is 0.974. The summed E-state index contributed by atoms with van der Waals surface area (Å²) in [5.74, 6) is 1.39. The molecule has 22 heavy (non-hydrogen) atoms. The summed E-state index contributed by atoms with van der Waals surface area (Å²) in [4.78, 5) is 7.10. The van der Waals surface area contributed by atoms with Crippen LogP contribution < -0.4 is 0 Å². The van der Waals surface area contributed by atoms with E-state index in [1.165, 1.54) is 12.8 Å². The largest absolute Gasteiger partial charge is 0.381 e. The van der Waals surface area contributed by atoms with Crippen LogP contribution in [0, 0.1) is 0 Å². The smallest absolute Gasteiger partial charge is 0.257 e. The lowest BCUT2D eigenvalue weighted by Crippen LogP contribution is -2.44. The molecule has 5 nitrogen and oxygen atoms in total. The van der Waals surface area contributed by atoms with E-state index in [2.05, 4.69) is 15.0 Å². The van der Waals surface area contributed by atoms with Gasteiger partial charge in [-0.3, -0.25) is 4.90 Å². The Bertz CT molecular complexity index is 614. The molecule has 2 aliphatic heterocycles. The SMILES string of the molecule is COC1C[C@H]2CC[C@@H](C1)N2Cc1noc(-c2ccccc2)n1. The molecule has 1 unspecified atom stereocenters. The number of benzene rings is 1. The van der Waals surface area contributed by atoms with Gasteiger partial charge in [-0.25, -0.2) is 0 Å². The molecular weight excluding hydrogens is 278 g/mol. The first-order chi connectivity index (χ1) is 10.8. The molecule has 0 spiro atoms. The van der Waals surface area contributed by atoms with E-state index in [4.69, 9.17) is 9.26 Å². The van der Waals surface area contributed by atoms with E-state index in [1.54, 1.807) is 0 Å². The average Bonchev–Trinajstić information content (AvgIpc) is 3.11. The molecule has 2 fully saturated rings. The molecule has 2 aromatic rings. The number of methoxy groups -OCH3 is 1. The molecule has 0 aliphatic carbocycles. The van der Waals surface area contributed by atoms with Gasteiger partial charge in [0.05, 0.1) is 12.6 Å². The standard InChI is InChI=1S/C17H21N3O2/c1-21-15-9-13-7-8-14(10-15)20(13)11-16-18-17(22-19-16)12-5-3-2-4-6-12/h2-6,13-15H,7-11H2,1H3/t13-,14+,15?. The zero-order chi connectivity index (χ0) is 14.9. The summed E-state index contributed by atoms with van der Waals surface area (Å²) in [5, 5.41) is 4.16. The van der Waals surface area contributed by atoms with Gasteiger partial charge < -0.3 is 9.26 Å². The summed E-state index contributed by atoms with van der Waals surface area (Å²) in [6, 6.07) is 11.1. The Morgan fingerprint density at radius 1 is 1.18 bits per heavy atom. The number of hydrogen-bond acceptors (Lipinski definition) is 5. The van der Waals surface area contributed by atoms with Crippen molar-refractivity contribution in [1.82, 2.24) is 15.0 Å². The lowest BCUT2D eigenvalue weighted by atomic mass is 10.00. The van der Waals surface area contributed by atoms with Gasteiger partial charge in [0.2, 0.25) is 0 Å². The van der Waals surface area contributed by atoms with Gasteiger partial charge in [0, 0.05) is 24.8 Å². The van der Waals surface area contributed by atoms with Crippen molar-refractivity contribution in [2.75, 3.05) is 7.11 Å². The first kappa shape index (κ1) is 13.9. The van der Waals surface area contributed by atoms with Crippen molar-refractivity contribution in [2.45, 2.75) is 50.4 Å². The van der Waals surface area contributed by atoms with Gasteiger partial charge in [-0.1, -0.05) is 23.4 Å². The Morgan fingerprint density at radius 3 is 2.59 bits per heavy atom. The minimum Gasteiger partial charge on any atom is -0.381 e. The van der Waals surface area contributed by atoms with E-state index in [1.807, 2.05) is 37.4 Å². The van der Waals surface area contributed by atoms with Gasteiger partial charge in [-0.05, 0) is 37.8 Å². The maximum Gasteiger partial charge on any atom is 0.257 e. The van der Waals surface area contributed by atoms with Gasteiger partial charge in [0.15, 0.2) is 5.82 Å². The fourth-order valence-corrected chi connectivity index (χ4v) is 3.85. The molecular formula is C17H21N3O2. The number of ether oxygens (including phenoxy) is 1. The highest BCUT2D eigenvalue weighted by Gasteiger charge is 2.41. The number of nitrogens with zero attached hydrogens (tertiary/aromatic N) is 3. The molecule has 2 aliphatic rings. The third-order valence-electron chi connectivity index (χ3n) is 4.99. The zero-order valence-corrected chi connectivity index (χ0v) is 12.8. The Balaban J connectivity index is 1.48. The normalized spacial score (nSPS) is 28.1. The molecule has 0 N–H and O–H groups in total. The molecule has 2 saturated heterocycles. The first-order valence-corrected chi connectivity index (χ1v) is 8.00. The molecule has 2 bridgehead atoms. The predicted molar refractivity (Wildman–Crippen MR) is 82.1 cm³/mol. The van der Waals surface area contributed by atoms with Crippen LogP contribution >= 0.6 is 0 Å². The van der Waals surface area contributed by atoms with Gasteiger partial charge in [-0.2, -0.15) is 4.98 Å². The highest BCUT2D eigenvalue weighted by Crippen LogP contribution is 2.37. The van der Waals surface area contributed by atoms with Crippen LogP contribution in [-0.2, 0) is 11.3 Å². The van der Waals surface area contributed by atoms with E-state index in [0.29, 0.717) is 24.1 Å². The average molecular weight is 299 g/mol. The molecule has 0 radical (unpaired) electrons. The highest BCUT2D eigenvalue weighted by atomic mass is 16.5. The zero-order valence-electron chi connectivity index (χ0n) is 12.8. The van der Waals surface area contributed by atoms with Crippen LogP contribution in [0.2, 0.25) is 0 Å². The lowest BCUT2D eigenvalue weighted by molar-refractivity contribution is 0.00135. The summed E-state index contributed by atoms with van der Waals surface area (Å²) in [6.45, 7) is 0.780. The fourth-order valence-electron chi connectivity index (χ4n) is 3.85. The molecule has 3 heterocycles. The molecule has 3 atom stereocenters. The van der Waals surface area contributed by atoms with Crippen LogP contribution in [0.5, 0.6) is 0 Å². The Labute approximate surface area is 130 Å². The predicted octanol–water partition coefficient (Wildman–Crippen LogP) is 2.88. The molecule has 5 heteroatoms.